The molecule has 0 saturated carbocycles. The van der Waals surface area contributed by atoms with Crippen molar-refractivity contribution in [1.82, 2.24) is 10.2 Å². The number of benzene rings is 2. The molecule has 0 heterocycles. The van der Waals surface area contributed by atoms with E-state index in [1.165, 1.54) is 6.07 Å². The van der Waals surface area contributed by atoms with Gasteiger partial charge in [0.1, 0.15) is 5.82 Å². The summed E-state index contributed by atoms with van der Waals surface area (Å²) in [5.74, 6) is -0.476. The fourth-order valence-corrected chi connectivity index (χ4v) is 2.60. The molecular formula is C19H22ClFN2O. The molecule has 2 aromatic rings. The van der Waals surface area contributed by atoms with Crippen LogP contribution in [0.25, 0.3) is 0 Å². The number of aryl methyl sites for hydroxylation is 1. The Balaban J connectivity index is 1.96. The Labute approximate surface area is 147 Å². The molecule has 0 aliphatic rings. The Kier molecular flexibility index (Phi) is 6.49. The quantitative estimate of drug-likeness (QED) is 0.771. The molecule has 0 amide bonds. The standard InChI is InChI=1S/C19H22ClFN2O/c1-13-4-5-15(10-17(13)21)19(24)12-22-11-18(23(2)3)14-6-8-16(20)9-7-14/h4-10,18,22H,11-12H2,1-3H3. The lowest BCUT2D eigenvalue weighted by Gasteiger charge is -2.25. The van der Waals surface area contributed by atoms with Crippen LogP contribution < -0.4 is 5.32 Å². The first-order valence-corrected chi connectivity index (χ1v) is 8.18. The van der Waals surface area contributed by atoms with Crippen molar-refractivity contribution in [1.29, 1.82) is 0 Å². The molecule has 1 N–H and O–H groups in total. The van der Waals surface area contributed by atoms with Crippen molar-refractivity contribution in [3.8, 4) is 0 Å². The molecular weight excluding hydrogens is 327 g/mol. The van der Waals surface area contributed by atoms with Crippen LogP contribution in [0.4, 0.5) is 4.39 Å². The first-order valence-electron chi connectivity index (χ1n) is 7.80. The topological polar surface area (TPSA) is 32.3 Å². The number of likely N-dealkylation sites (N-methyl/N-ethyl adjacent to an activating group) is 1. The van der Waals surface area contributed by atoms with E-state index in [9.17, 15) is 9.18 Å². The minimum atomic E-state index is -0.354. The Bertz CT molecular complexity index is 701. The summed E-state index contributed by atoms with van der Waals surface area (Å²) < 4.78 is 13.6. The minimum Gasteiger partial charge on any atom is -0.308 e. The van der Waals surface area contributed by atoms with Crippen molar-refractivity contribution in [2.45, 2.75) is 13.0 Å². The molecule has 1 unspecified atom stereocenters. The molecule has 24 heavy (non-hydrogen) atoms. The van der Waals surface area contributed by atoms with Crippen LogP contribution in [0.15, 0.2) is 42.5 Å². The zero-order valence-electron chi connectivity index (χ0n) is 14.1. The SMILES string of the molecule is Cc1ccc(C(=O)CNCC(c2ccc(Cl)cc2)N(C)C)cc1F. The van der Waals surface area contributed by atoms with Crippen LogP contribution in [0.2, 0.25) is 5.02 Å². The van der Waals surface area contributed by atoms with E-state index in [1.54, 1.807) is 19.1 Å². The second-order valence-corrected chi connectivity index (χ2v) is 6.49. The highest BCUT2D eigenvalue weighted by Crippen LogP contribution is 2.19. The van der Waals surface area contributed by atoms with E-state index in [1.807, 2.05) is 38.4 Å². The summed E-state index contributed by atoms with van der Waals surface area (Å²) in [5, 5.41) is 3.86. The van der Waals surface area contributed by atoms with Crippen molar-refractivity contribution in [2.24, 2.45) is 0 Å². The predicted molar refractivity (Wildman–Crippen MR) is 96.2 cm³/mol. The average molecular weight is 349 g/mol. The monoisotopic (exact) mass is 348 g/mol. The third-order valence-electron chi connectivity index (χ3n) is 4.00. The number of nitrogens with zero attached hydrogens (tertiary/aromatic N) is 1. The van der Waals surface area contributed by atoms with Gasteiger partial charge < -0.3 is 10.2 Å². The van der Waals surface area contributed by atoms with Crippen LogP contribution in [0.5, 0.6) is 0 Å². The Morgan fingerprint density at radius 2 is 1.88 bits per heavy atom. The normalized spacial score (nSPS) is 12.4. The van der Waals surface area contributed by atoms with Gasteiger partial charge in [-0.2, -0.15) is 0 Å². The zero-order chi connectivity index (χ0) is 17.7. The molecule has 2 rings (SSSR count). The molecule has 0 fully saturated rings. The van der Waals surface area contributed by atoms with Gasteiger partial charge in [0.05, 0.1) is 6.54 Å². The van der Waals surface area contributed by atoms with Crippen LogP contribution in [-0.4, -0.2) is 37.9 Å². The lowest BCUT2D eigenvalue weighted by atomic mass is 10.1. The molecule has 0 aliphatic heterocycles. The van der Waals surface area contributed by atoms with Crippen LogP contribution >= 0.6 is 11.6 Å². The maximum absolute atomic E-state index is 13.6. The van der Waals surface area contributed by atoms with E-state index < -0.39 is 0 Å². The number of halogens is 2. The van der Waals surface area contributed by atoms with E-state index in [0.717, 1.165) is 5.56 Å². The number of nitrogens with one attached hydrogen (secondary N) is 1. The molecule has 0 radical (unpaired) electrons. The molecule has 3 nitrogen and oxygen atoms in total. The second kappa shape index (κ2) is 8.38. The predicted octanol–water partition coefficient (Wildman–Crippen LogP) is 3.86. The Morgan fingerprint density at radius 1 is 1.21 bits per heavy atom. The van der Waals surface area contributed by atoms with E-state index in [2.05, 4.69) is 10.2 Å². The molecule has 0 saturated heterocycles. The van der Waals surface area contributed by atoms with Gasteiger partial charge >= 0.3 is 0 Å². The Hall–Kier alpha value is -1.75. The number of carbonyl (C=O) groups excluding carboxylic acids is 1. The summed E-state index contributed by atoms with van der Waals surface area (Å²) in [5.41, 5.74) is 2.04. The average Bonchev–Trinajstić information content (AvgIpc) is 2.54. The van der Waals surface area contributed by atoms with Crippen molar-refractivity contribution in [2.75, 3.05) is 27.2 Å². The van der Waals surface area contributed by atoms with E-state index in [-0.39, 0.29) is 24.2 Å². The maximum atomic E-state index is 13.6. The number of hydrogen-bond donors (Lipinski definition) is 1. The van der Waals surface area contributed by atoms with Gasteiger partial charge in [-0.3, -0.25) is 4.79 Å². The van der Waals surface area contributed by atoms with Gasteiger partial charge in [0, 0.05) is 23.2 Å². The largest absolute Gasteiger partial charge is 0.308 e. The van der Waals surface area contributed by atoms with Crippen LogP contribution in [0.3, 0.4) is 0 Å². The van der Waals surface area contributed by atoms with Gasteiger partial charge in [0.2, 0.25) is 0 Å². The van der Waals surface area contributed by atoms with Gasteiger partial charge in [0.25, 0.3) is 0 Å². The van der Waals surface area contributed by atoms with Crippen LogP contribution in [0.1, 0.15) is 27.5 Å². The lowest BCUT2D eigenvalue weighted by Crippen LogP contribution is -2.33. The smallest absolute Gasteiger partial charge is 0.176 e. The highest BCUT2D eigenvalue weighted by Gasteiger charge is 2.15. The summed E-state index contributed by atoms with van der Waals surface area (Å²) in [6, 6.07) is 12.4. The summed E-state index contributed by atoms with van der Waals surface area (Å²) in [6.45, 7) is 2.45. The summed E-state index contributed by atoms with van der Waals surface area (Å²) in [4.78, 5) is 14.3. The van der Waals surface area contributed by atoms with Crippen LogP contribution in [-0.2, 0) is 0 Å². The molecule has 128 valence electrons. The Morgan fingerprint density at radius 3 is 2.46 bits per heavy atom. The van der Waals surface area contributed by atoms with Gasteiger partial charge in [-0.25, -0.2) is 4.39 Å². The maximum Gasteiger partial charge on any atom is 0.176 e. The van der Waals surface area contributed by atoms with E-state index in [4.69, 9.17) is 11.6 Å². The van der Waals surface area contributed by atoms with Gasteiger partial charge in [-0.1, -0.05) is 35.9 Å². The van der Waals surface area contributed by atoms with Crippen LogP contribution in [0, 0.1) is 12.7 Å². The molecule has 2 aromatic carbocycles. The lowest BCUT2D eigenvalue weighted by molar-refractivity contribution is 0.0988. The summed E-state index contributed by atoms with van der Waals surface area (Å²) >= 11 is 5.93. The van der Waals surface area contributed by atoms with Gasteiger partial charge in [0.15, 0.2) is 5.78 Å². The van der Waals surface area contributed by atoms with Crippen molar-refractivity contribution in [3.63, 3.8) is 0 Å². The number of rotatable bonds is 7. The summed E-state index contributed by atoms with van der Waals surface area (Å²) in [7, 11) is 3.97. The number of carbonyl (C=O) groups is 1. The highest BCUT2D eigenvalue weighted by molar-refractivity contribution is 6.30. The molecule has 5 heteroatoms. The van der Waals surface area contributed by atoms with Gasteiger partial charge in [-0.15, -0.1) is 0 Å². The first kappa shape index (κ1) is 18.6. The molecule has 0 bridgehead atoms. The van der Waals surface area contributed by atoms with E-state index >= 15 is 0 Å². The van der Waals surface area contributed by atoms with Crippen molar-refractivity contribution >= 4 is 17.4 Å². The minimum absolute atomic E-state index is 0.116. The third kappa shape index (κ3) is 4.87. The zero-order valence-corrected chi connectivity index (χ0v) is 14.9. The summed E-state index contributed by atoms with van der Waals surface area (Å²) in [6.07, 6.45) is 0. The first-order chi connectivity index (χ1) is 11.4. The molecule has 1 atom stereocenters. The number of Topliss-reactive ketones (excluding diaryl/α,β-unsaturated/α-hetero) is 1. The highest BCUT2D eigenvalue weighted by atomic mass is 35.5. The number of hydrogen-bond acceptors (Lipinski definition) is 3. The second-order valence-electron chi connectivity index (χ2n) is 6.05. The number of ketones is 1. The molecule has 0 aromatic heterocycles. The third-order valence-corrected chi connectivity index (χ3v) is 4.25. The fourth-order valence-electron chi connectivity index (χ4n) is 2.47. The molecule has 0 aliphatic carbocycles. The van der Waals surface area contributed by atoms with Crippen molar-refractivity contribution < 1.29 is 9.18 Å². The van der Waals surface area contributed by atoms with Gasteiger partial charge in [-0.05, 0) is 50.3 Å². The van der Waals surface area contributed by atoms with E-state index in [0.29, 0.717) is 22.7 Å². The molecule has 0 spiro atoms. The fraction of sp³-hybridized carbons (Fsp3) is 0.316. The van der Waals surface area contributed by atoms with Crippen molar-refractivity contribution in [3.05, 3.63) is 70.0 Å².